The minimum atomic E-state index is -4.61. The van der Waals surface area contributed by atoms with E-state index in [0.717, 1.165) is 0 Å². The molecule has 2 atom stereocenters. The third kappa shape index (κ3) is 5.33. The Hall–Kier alpha value is -4.46. The molecule has 246 valence electrons. The molecule has 0 fully saturated rings. The molecule has 8 rings (SSSR count). The summed E-state index contributed by atoms with van der Waals surface area (Å²) in [5.41, 5.74) is 18.9. The molecule has 6 aromatic carbocycles. The summed E-state index contributed by atoms with van der Waals surface area (Å²) in [5.74, 6) is 0. The standard InChI is InChI=1S/2C16H13.C15H14.2CH3.Hf/c2*1-12-5-2-8-14(11-12)16-10-4-7-13-6-3-9-15(13)16;1-12-3-7-14(8-4-12)11-15-9-5-13(2)6-10-15;;;/h2*2-11H,1H3;3-10H,1-2H3;2*1H3;. The fraction of sp³-hybridized carbons (Fsp3) is 0.163. The first-order valence-corrected chi connectivity index (χ1v) is 31.2. The molecule has 50 heavy (non-hydrogen) atoms. The van der Waals surface area contributed by atoms with Gasteiger partial charge in [-0.05, 0) is 0 Å². The van der Waals surface area contributed by atoms with Crippen LogP contribution in [0.2, 0.25) is 9.36 Å². The molecular weight excluding hydrogens is 767 g/mol. The monoisotopic (exact) mass is 814 g/mol. The number of allylic oxidation sites excluding steroid dienone is 2. The predicted molar refractivity (Wildman–Crippen MR) is 214 cm³/mol. The molecule has 0 amide bonds. The zero-order valence-corrected chi connectivity index (χ0v) is 33.8. The minimum absolute atomic E-state index is 0.313. The van der Waals surface area contributed by atoms with Crippen LogP contribution in [0.4, 0.5) is 0 Å². The van der Waals surface area contributed by atoms with Gasteiger partial charge in [0.15, 0.2) is 0 Å². The van der Waals surface area contributed by atoms with Crippen LogP contribution >= 0.6 is 0 Å². The Balaban J connectivity index is 1.46. The van der Waals surface area contributed by atoms with Gasteiger partial charge in [-0.2, -0.15) is 0 Å². The summed E-state index contributed by atoms with van der Waals surface area (Å²) in [6.07, 6.45) is 10.1. The van der Waals surface area contributed by atoms with Gasteiger partial charge in [-0.25, -0.2) is 0 Å². The van der Waals surface area contributed by atoms with Gasteiger partial charge in [0.2, 0.25) is 0 Å². The van der Waals surface area contributed by atoms with Gasteiger partial charge in [-0.15, -0.1) is 0 Å². The van der Waals surface area contributed by atoms with Crippen molar-refractivity contribution in [2.75, 3.05) is 0 Å². The van der Waals surface area contributed by atoms with Crippen LogP contribution in [0.25, 0.3) is 34.4 Å². The van der Waals surface area contributed by atoms with Gasteiger partial charge in [0, 0.05) is 0 Å². The number of hydrogen-bond donors (Lipinski definition) is 0. The second kappa shape index (κ2) is 12.4. The Kier molecular flexibility index (Phi) is 8.11. The van der Waals surface area contributed by atoms with Crippen molar-refractivity contribution in [3.63, 3.8) is 0 Å². The van der Waals surface area contributed by atoms with E-state index >= 15 is 0 Å². The summed E-state index contributed by atoms with van der Waals surface area (Å²) >= 11 is -4.61. The van der Waals surface area contributed by atoms with Crippen LogP contribution in [0.5, 0.6) is 0 Å². The Morgan fingerprint density at radius 2 is 0.840 bits per heavy atom. The first-order valence-electron chi connectivity index (χ1n) is 18.1. The van der Waals surface area contributed by atoms with Gasteiger partial charge >= 0.3 is 301 Å². The fourth-order valence-electron chi connectivity index (χ4n) is 9.37. The molecule has 0 N–H and O–H groups in total. The Morgan fingerprint density at radius 1 is 0.440 bits per heavy atom. The van der Waals surface area contributed by atoms with E-state index in [1.807, 2.05) is 0 Å². The Bertz CT molecular complexity index is 2240. The molecule has 2 aliphatic carbocycles. The van der Waals surface area contributed by atoms with E-state index < -0.39 is 18.0 Å². The number of benzene rings is 6. The molecule has 0 saturated carbocycles. The third-order valence-electron chi connectivity index (χ3n) is 11.9. The van der Waals surface area contributed by atoms with E-state index in [-0.39, 0.29) is 0 Å². The topological polar surface area (TPSA) is 0 Å². The zero-order valence-electron chi connectivity index (χ0n) is 30.2. The van der Waals surface area contributed by atoms with Crippen LogP contribution in [-0.2, 0) is 18.0 Å². The van der Waals surface area contributed by atoms with E-state index in [4.69, 9.17) is 0 Å². The second-order valence-electron chi connectivity index (χ2n) is 15.7. The quantitative estimate of drug-likeness (QED) is 0.147. The third-order valence-corrected chi connectivity index (χ3v) is 37.0. The van der Waals surface area contributed by atoms with Crippen LogP contribution in [0.15, 0.2) is 146 Å². The first-order chi connectivity index (χ1) is 24.1. The molecule has 0 aromatic heterocycles. The van der Waals surface area contributed by atoms with Crippen LogP contribution in [0, 0.1) is 27.7 Å². The van der Waals surface area contributed by atoms with Gasteiger partial charge in [-0.1, -0.05) is 0 Å². The average molecular weight is 813 g/mol. The number of rotatable bonds is 6. The van der Waals surface area contributed by atoms with Crippen LogP contribution in [0.1, 0.15) is 63.0 Å². The van der Waals surface area contributed by atoms with E-state index in [9.17, 15) is 0 Å². The molecule has 0 saturated heterocycles. The van der Waals surface area contributed by atoms with Gasteiger partial charge in [0.1, 0.15) is 0 Å². The van der Waals surface area contributed by atoms with Crippen molar-refractivity contribution in [1.82, 2.24) is 0 Å². The summed E-state index contributed by atoms with van der Waals surface area (Å²) in [6, 6.07) is 50.9. The summed E-state index contributed by atoms with van der Waals surface area (Å²) < 4.78 is 7.77. The summed E-state index contributed by atoms with van der Waals surface area (Å²) in [7, 11) is 0. The fourth-order valence-corrected chi connectivity index (χ4v) is 34.4. The number of hydrogen-bond acceptors (Lipinski definition) is 0. The summed E-state index contributed by atoms with van der Waals surface area (Å²) in [5, 5.41) is 0. The Labute approximate surface area is 299 Å². The van der Waals surface area contributed by atoms with E-state index in [1.54, 1.807) is 3.26 Å². The van der Waals surface area contributed by atoms with E-state index in [1.165, 1.54) is 77.9 Å². The molecular formula is C49H46Hf. The van der Waals surface area contributed by atoms with Crippen molar-refractivity contribution in [3.05, 3.63) is 201 Å². The van der Waals surface area contributed by atoms with Crippen LogP contribution < -0.4 is 0 Å². The molecule has 6 aromatic rings. The van der Waals surface area contributed by atoms with E-state index in [2.05, 4.69) is 195 Å². The maximum absolute atomic E-state index is 4.61. The van der Waals surface area contributed by atoms with Crippen molar-refractivity contribution >= 4 is 15.4 Å². The van der Waals surface area contributed by atoms with Gasteiger partial charge in [-0.3, -0.25) is 0 Å². The predicted octanol–water partition coefficient (Wildman–Crippen LogP) is 13.1. The van der Waals surface area contributed by atoms with Crippen LogP contribution in [0.3, 0.4) is 0 Å². The Morgan fingerprint density at radius 3 is 1.24 bits per heavy atom. The second-order valence-corrected chi connectivity index (χ2v) is 40.8. The van der Waals surface area contributed by atoms with Crippen molar-refractivity contribution in [1.29, 1.82) is 0 Å². The van der Waals surface area contributed by atoms with Crippen molar-refractivity contribution < 1.29 is 18.0 Å². The summed E-state index contributed by atoms with van der Waals surface area (Å²) in [6.45, 7) is 8.79. The molecule has 0 spiro atoms. The molecule has 1 heteroatoms. The number of aryl methyl sites for hydroxylation is 4. The maximum atomic E-state index is 2.78. The van der Waals surface area contributed by atoms with Crippen molar-refractivity contribution in [3.8, 4) is 22.3 Å². The average Bonchev–Trinajstić information content (AvgIpc) is 3.77. The van der Waals surface area contributed by atoms with Crippen molar-refractivity contribution in [2.45, 2.75) is 44.4 Å². The van der Waals surface area contributed by atoms with Gasteiger partial charge in [0.05, 0.1) is 0 Å². The first kappa shape index (κ1) is 32.7. The molecule has 0 bridgehead atoms. The molecule has 0 heterocycles. The molecule has 2 unspecified atom stereocenters. The molecule has 0 radical (unpaired) electrons. The normalized spacial score (nSPS) is 16.4. The van der Waals surface area contributed by atoms with Gasteiger partial charge < -0.3 is 0 Å². The molecule has 0 nitrogen and oxygen atoms in total. The van der Waals surface area contributed by atoms with Gasteiger partial charge in [0.25, 0.3) is 0 Å². The molecule has 2 aliphatic rings. The summed E-state index contributed by atoms with van der Waals surface area (Å²) in [4.78, 5) is 0. The van der Waals surface area contributed by atoms with E-state index in [0.29, 0.717) is 7.35 Å². The van der Waals surface area contributed by atoms with Crippen molar-refractivity contribution in [2.24, 2.45) is 0 Å². The SMILES string of the molecule is Cc1ccc([C](c2ccc(C)cc2)=[Hf]([CH3])([CH3])([CH]2C=Cc3c(-c4cccc(C)c4)cccc32)[CH]2C=Cc3c(-c4cccc(C)c4)cccc32)cc1. The zero-order chi connectivity index (χ0) is 34.6. The number of fused-ring (bicyclic) bond motifs is 2. The molecule has 0 aliphatic heterocycles. The van der Waals surface area contributed by atoms with Crippen LogP contribution in [-0.4, -0.2) is 3.26 Å².